The highest BCUT2D eigenvalue weighted by molar-refractivity contribution is 14.1. The van der Waals surface area contributed by atoms with Crippen LogP contribution in [0.3, 0.4) is 0 Å². The van der Waals surface area contributed by atoms with Crippen LogP contribution in [-0.2, 0) is 0 Å². The first-order chi connectivity index (χ1) is 4.34. The molecule has 1 nitrogen and oxygen atoms in total. The van der Waals surface area contributed by atoms with Crippen molar-refractivity contribution in [2.75, 3.05) is 0 Å². The summed E-state index contributed by atoms with van der Waals surface area (Å²) in [6.07, 6.45) is 1.09. The molecule has 0 amide bonds. The van der Waals surface area contributed by atoms with Gasteiger partial charge in [0.2, 0.25) is 0 Å². The van der Waals surface area contributed by atoms with Gasteiger partial charge < -0.3 is 5.11 Å². The SMILES string of the molecule is CC(C)C[C@H](I)C(C)(C)O. The lowest BCUT2D eigenvalue weighted by Crippen LogP contribution is -2.32. The highest BCUT2D eigenvalue weighted by Crippen LogP contribution is 2.24. The van der Waals surface area contributed by atoms with Crippen molar-refractivity contribution in [2.45, 2.75) is 43.6 Å². The van der Waals surface area contributed by atoms with Crippen molar-refractivity contribution in [3.63, 3.8) is 0 Å². The highest BCUT2D eigenvalue weighted by atomic mass is 127. The van der Waals surface area contributed by atoms with Crippen molar-refractivity contribution in [2.24, 2.45) is 5.92 Å². The van der Waals surface area contributed by atoms with E-state index in [2.05, 4.69) is 36.4 Å². The third-order valence-corrected chi connectivity index (χ3v) is 3.48. The summed E-state index contributed by atoms with van der Waals surface area (Å²) in [5, 5.41) is 9.53. The van der Waals surface area contributed by atoms with Gasteiger partial charge in [-0.2, -0.15) is 0 Å². The van der Waals surface area contributed by atoms with Crippen molar-refractivity contribution in [1.29, 1.82) is 0 Å². The second-order valence-electron chi connectivity index (χ2n) is 3.75. The highest BCUT2D eigenvalue weighted by Gasteiger charge is 2.24. The second-order valence-corrected chi connectivity index (χ2v) is 5.25. The summed E-state index contributed by atoms with van der Waals surface area (Å²) in [4.78, 5) is 0. The molecule has 0 aromatic rings. The van der Waals surface area contributed by atoms with E-state index in [9.17, 15) is 5.11 Å². The lowest BCUT2D eigenvalue weighted by Gasteiger charge is -2.25. The van der Waals surface area contributed by atoms with E-state index in [-0.39, 0.29) is 0 Å². The fourth-order valence-electron chi connectivity index (χ4n) is 0.702. The third kappa shape index (κ3) is 4.50. The lowest BCUT2D eigenvalue weighted by atomic mass is 9.97. The van der Waals surface area contributed by atoms with Crippen LogP contribution < -0.4 is 0 Å². The molecule has 0 aliphatic carbocycles. The molecule has 0 rings (SSSR count). The quantitative estimate of drug-likeness (QED) is 0.608. The Kier molecular flexibility index (Phi) is 4.17. The average Bonchev–Trinajstić information content (AvgIpc) is 1.60. The number of rotatable bonds is 3. The van der Waals surface area contributed by atoms with Gasteiger partial charge in [0.1, 0.15) is 0 Å². The monoisotopic (exact) mass is 256 g/mol. The van der Waals surface area contributed by atoms with E-state index < -0.39 is 5.60 Å². The van der Waals surface area contributed by atoms with E-state index in [0.717, 1.165) is 6.42 Å². The van der Waals surface area contributed by atoms with Gasteiger partial charge in [-0.05, 0) is 26.2 Å². The fraction of sp³-hybridized carbons (Fsp3) is 1.00. The third-order valence-electron chi connectivity index (χ3n) is 1.44. The van der Waals surface area contributed by atoms with Crippen LogP contribution >= 0.6 is 22.6 Å². The molecule has 2 heteroatoms. The van der Waals surface area contributed by atoms with Gasteiger partial charge in [0.15, 0.2) is 0 Å². The molecule has 10 heavy (non-hydrogen) atoms. The van der Waals surface area contributed by atoms with Crippen molar-refractivity contribution < 1.29 is 5.11 Å². The van der Waals surface area contributed by atoms with Crippen LogP contribution in [0.15, 0.2) is 0 Å². The molecule has 0 saturated carbocycles. The van der Waals surface area contributed by atoms with Crippen LogP contribution in [0.2, 0.25) is 0 Å². The summed E-state index contributed by atoms with van der Waals surface area (Å²) >= 11 is 2.31. The van der Waals surface area contributed by atoms with Gasteiger partial charge in [-0.1, -0.05) is 36.4 Å². The van der Waals surface area contributed by atoms with Gasteiger partial charge in [-0.3, -0.25) is 0 Å². The maximum absolute atomic E-state index is 9.53. The van der Waals surface area contributed by atoms with Crippen molar-refractivity contribution in [1.82, 2.24) is 0 Å². The molecule has 0 aromatic heterocycles. The Labute approximate surface area is 77.3 Å². The molecule has 0 fully saturated rings. The minimum absolute atomic E-state index is 0.366. The zero-order valence-electron chi connectivity index (χ0n) is 7.19. The van der Waals surface area contributed by atoms with Gasteiger partial charge in [-0.25, -0.2) is 0 Å². The average molecular weight is 256 g/mol. The van der Waals surface area contributed by atoms with Crippen LogP contribution in [0.1, 0.15) is 34.1 Å². The van der Waals surface area contributed by atoms with Crippen molar-refractivity contribution in [3.8, 4) is 0 Å². The second kappa shape index (κ2) is 3.90. The topological polar surface area (TPSA) is 20.2 Å². The maximum Gasteiger partial charge on any atom is 0.0708 e. The first-order valence-corrected chi connectivity index (χ1v) is 4.95. The number of aliphatic hydroxyl groups is 1. The van der Waals surface area contributed by atoms with Gasteiger partial charge >= 0.3 is 0 Å². The van der Waals surface area contributed by atoms with Crippen molar-refractivity contribution in [3.05, 3.63) is 0 Å². The van der Waals surface area contributed by atoms with Crippen LogP contribution in [0.25, 0.3) is 0 Å². The summed E-state index contributed by atoms with van der Waals surface area (Å²) in [5.74, 6) is 0.674. The zero-order chi connectivity index (χ0) is 8.36. The van der Waals surface area contributed by atoms with E-state index in [1.807, 2.05) is 13.8 Å². The predicted octanol–water partition coefficient (Wildman–Crippen LogP) is 2.61. The fourth-order valence-corrected chi connectivity index (χ4v) is 1.72. The van der Waals surface area contributed by atoms with Gasteiger partial charge in [0.25, 0.3) is 0 Å². The molecule has 0 aliphatic rings. The van der Waals surface area contributed by atoms with Gasteiger partial charge in [0, 0.05) is 3.92 Å². The van der Waals surface area contributed by atoms with Crippen LogP contribution in [0, 0.1) is 5.92 Å². The number of halogens is 1. The summed E-state index contributed by atoms with van der Waals surface area (Å²) in [6.45, 7) is 8.09. The first kappa shape index (κ1) is 10.7. The first-order valence-electron chi connectivity index (χ1n) is 3.70. The Bertz CT molecular complexity index is 93.9. The normalized spacial score (nSPS) is 15.9. The van der Waals surface area contributed by atoms with Crippen molar-refractivity contribution >= 4 is 22.6 Å². The largest absolute Gasteiger partial charge is 0.389 e. The molecular formula is C8H17IO. The molecule has 0 spiro atoms. The van der Waals surface area contributed by atoms with E-state index in [0.29, 0.717) is 9.84 Å². The van der Waals surface area contributed by atoms with Gasteiger partial charge in [0.05, 0.1) is 5.60 Å². The minimum Gasteiger partial charge on any atom is -0.389 e. The Balaban J connectivity index is 3.73. The Morgan fingerprint density at radius 3 is 1.90 bits per heavy atom. The number of hydrogen-bond acceptors (Lipinski definition) is 1. The Morgan fingerprint density at radius 2 is 1.80 bits per heavy atom. The van der Waals surface area contributed by atoms with Gasteiger partial charge in [-0.15, -0.1) is 0 Å². The molecule has 0 radical (unpaired) electrons. The standard InChI is InChI=1S/C8H17IO/c1-6(2)5-7(9)8(3,4)10/h6-7,10H,5H2,1-4H3/t7-/m0/s1. The Hall–Kier alpha value is 0.690. The predicted molar refractivity (Wildman–Crippen MR) is 53.6 cm³/mol. The van der Waals surface area contributed by atoms with E-state index in [1.54, 1.807) is 0 Å². The molecule has 1 N–H and O–H groups in total. The zero-order valence-corrected chi connectivity index (χ0v) is 9.34. The molecule has 0 heterocycles. The maximum atomic E-state index is 9.53. The summed E-state index contributed by atoms with van der Waals surface area (Å²) in [5.41, 5.74) is -0.523. The molecule has 1 atom stereocenters. The molecule has 62 valence electrons. The van der Waals surface area contributed by atoms with E-state index in [4.69, 9.17) is 0 Å². The summed E-state index contributed by atoms with van der Waals surface area (Å²) in [7, 11) is 0. The molecular weight excluding hydrogens is 239 g/mol. The van der Waals surface area contributed by atoms with E-state index in [1.165, 1.54) is 0 Å². The molecule has 0 saturated heterocycles. The molecule has 0 bridgehead atoms. The summed E-state index contributed by atoms with van der Waals surface area (Å²) < 4.78 is 0.366. The number of alkyl halides is 1. The lowest BCUT2D eigenvalue weighted by molar-refractivity contribution is 0.0768. The number of hydrogen-bond donors (Lipinski definition) is 1. The van der Waals surface area contributed by atoms with Crippen LogP contribution in [-0.4, -0.2) is 14.6 Å². The summed E-state index contributed by atoms with van der Waals surface area (Å²) in [6, 6.07) is 0. The van der Waals surface area contributed by atoms with Crippen LogP contribution in [0.4, 0.5) is 0 Å². The Morgan fingerprint density at radius 1 is 1.40 bits per heavy atom. The molecule has 0 aliphatic heterocycles. The molecule has 0 aromatic carbocycles. The smallest absolute Gasteiger partial charge is 0.0708 e. The van der Waals surface area contributed by atoms with E-state index >= 15 is 0 Å². The molecule has 0 unspecified atom stereocenters. The minimum atomic E-state index is -0.523. The van der Waals surface area contributed by atoms with Crippen LogP contribution in [0.5, 0.6) is 0 Å².